The Balaban J connectivity index is 1.84. The van der Waals surface area contributed by atoms with Crippen LogP contribution < -0.4 is 9.47 Å². The molecular weight excluding hydrogens is 378 g/mol. The van der Waals surface area contributed by atoms with Crippen molar-refractivity contribution in [1.29, 1.82) is 0 Å². The number of rotatable bonds is 11. The predicted molar refractivity (Wildman–Crippen MR) is 120 cm³/mol. The van der Waals surface area contributed by atoms with E-state index >= 15 is 0 Å². The third-order valence-corrected chi connectivity index (χ3v) is 4.96. The first kappa shape index (κ1) is 23.7. The smallest absolute Gasteiger partial charge is 0.417 e. The molecule has 0 spiro atoms. The van der Waals surface area contributed by atoms with Crippen molar-refractivity contribution in [2.45, 2.75) is 59.7 Å². The summed E-state index contributed by atoms with van der Waals surface area (Å²) in [6, 6.07) is 17.2. The Bertz CT molecular complexity index is 746. The lowest BCUT2D eigenvalue weighted by Crippen LogP contribution is -2.37. The molecule has 2 aromatic rings. The van der Waals surface area contributed by atoms with Crippen LogP contribution in [0.4, 0.5) is 4.79 Å². The molecule has 0 aliphatic carbocycles. The van der Waals surface area contributed by atoms with Gasteiger partial charge < -0.3 is 14.2 Å². The topological polar surface area (TPSA) is 48.0 Å². The molecule has 0 fully saturated rings. The van der Waals surface area contributed by atoms with Crippen LogP contribution in [0, 0.1) is 5.92 Å². The van der Waals surface area contributed by atoms with Crippen LogP contribution in [-0.4, -0.2) is 30.6 Å². The van der Waals surface area contributed by atoms with Gasteiger partial charge in [0.2, 0.25) is 0 Å². The fraction of sp³-hybridized carbons (Fsp3) is 0.480. The molecule has 0 radical (unpaired) electrons. The first-order chi connectivity index (χ1) is 14.4. The van der Waals surface area contributed by atoms with E-state index in [1.165, 1.54) is 16.9 Å². The van der Waals surface area contributed by atoms with Crippen LogP contribution in [0.2, 0.25) is 0 Å². The summed E-state index contributed by atoms with van der Waals surface area (Å²) in [5, 5.41) is 0. The Labute approximate surface area is 180 Å². The predicted octanol–water partition coefficient (Wildman–Crippen LogP) is 6.45. The molecule has 1 amide bonds. The van der Waals surface area contributed by atoms with Crippen molar-refractivity contribution in [3.8, 4) is 11.5 Å². The molecule has 0 aliphatic heterocycles. The normalized spacial score (nSPS) is 13.0. The maximum atomic E-state index is 12.3. The van der Waals surface area contributed by atoms with Crippen LogP contribution in [0.15, 0.2) is 54.6 Å². The number of hydrogen-bond acceptors (Lipinski definition) is 4. The van der Waals surface area contributed by atoms with Crippen molar-refractivity contribution < 1.29 is 19.0 Å². The summed E-state index contributed by atoms with van der Waals surface area (Å²) in [5.41, 5.74) is 1.34. The maximum absolute atomic E-state index is 12.3. The highest BCUT2D eigenvalue weighted by molar-refractivity contribution is 5.70. The van der Waals surface area contributed by atoms with Crippen molar-refractivity contribution in [2.24, 2.45) is 5.92 Å². The summed E-state index contributed by atoms with van der Waals surface area (Å²) in [4.78, 5) is 13.8. The standard InChI is InChI=1S/C25H35NO4/c1-6-21(17-19(3)4)22-13-15-24(16-14-22)29-20(5)28-18-26(7-2)25(27)30-23-11-9-8-10-12-23/h8-16,19-21H,6-7,17-18H2,1-5H3. The minimum absolute atomic E-state index is 0.0910. The van der Waals surface area contributed by atoms with E-state index in [4.69, 9.17) is 14.2 Å². The Morgan fingerprint density at radius 1 is 0.933 bits per heavy atom. The summed E-state index contributed by atoms with van der Waals surface area (Å²) >= 11 is 0. The minimum atomic E-state index is -0.493. The van der Waals surface area contributed by atoms with Gasteiger partial charge in [0.1, 0.15) is 18.2 Å². The summed E-state index contributed by atoms with van der Waals surface area (Å²) in [5.74, 6) is 2.50. The lowest BCUT2D eigenvalue weighted by molar-refractivity contribution is -0.0986. The average molecular weight is 414 g/mol. The quantitative estimate of drug-likeness (QED) is 0.397. The van der Waals surface area contributed by atoms with Gasteiger partial charge in [0.15, 0.2) is 6.29 Å². The van der Waals surface area contributed by atoms with Gasteiger partial charge in [-0.2, -0.15) is 0 Å². The molecule has 0 N–H and O–H groups in total. The zero-order valence-corrected chi connectivity index (χ0v) is 18.8. The van der Waals surface area contributed by atoms with Gasteiger partial charge in [-0.25, -0.2) is 4.79 Å². The fourth-order valence-electron chi connectivity index (χ4n) is 3.27. The number of carbonyl (C=O) groups excluding carboxylic acids is 1. The second-order valence-corrected chi connectivity index (χ2v) is 7.82. The summed E-state index contributed by atoms with van der Waals surface area (Å²) in [7, 11) is 0. The van der Waals surface area contributed by atoms with Crippen molar-refractivity contribution in [2.75, 3.05) is 13.3 Å². The van der Waals surface area contributed by atoms with Crippen LogP contribution in [0.5, 0.6) is 11.5 Å². The van der Waals surface area contributed by atoms with Gasteiger partial charge in [-0.15, -0.1) is 0 Å². The number of benzene rings is 2. The first-order valence-electron chi connectivity index (χ1n) is 10.8. The average Bonchev–Trinajstić information content (AvgIpc) is 2.73. The number of ether oxygens (including phenoxy) is 3. The van der Waals surface area contributed by atoms with Crippen LogP contribution in [-0.2, 0) is 4.74 Å². The lowest BCUT2D eigenvalue weighted by atomic mass is 9.88. The van der Waals surface area contributed by atoms with Gasteiger partial charge in [0.25, 0.3) is 0 Å². The molecule has 0 saturated carbocycles. The molecule has 30 heavy (non-hydrogen) atoms. The minimum Gasteiger partial charge on any atom is -0.465 e. The zero-order chi connectivity index (χ0) is 21.9. The number of hydrogen-bond donors (Lipinski definition) is 0. The molecule has 2 unspecified atom stereocenters. The molecule has 0 bridgehead atoms. The van der Waals surface area contributed by atoms with E-state index in [-0.39, 0.29) is 6.73 Å². The summed E-state index contributed by atoms with van der Waals surface area (Å²) in [6.45, 7) is 11.0. The molecule has 2 aromatic carbocycles. The van der Waals surface area contributed by atoms with Crippen LogP contribution in [0.1, 0.15) is 58.9 Å². The second-order valence-electron chi connectivity index (χ2n) is 7.82. The third-order valence-electron chi connectivity index (χ3n) is 4.96. The van der Waals surface area contributed by atoms with E-state index in [0.717, 1.165) is 12.2 Å². The van der Waals surface area contributed by atoms with E-state index in [9.17, 15) is 4.79 Å². The maximum Gasteiger partial charge on any atom is 0.417 e. The first-order valence-corrected chi connectivity index (χ1v) is 10.8. The van der Waals surface area contributed by atoms with Crippen LogP contribution >= 0.6 is 0 Å². The number of amides is 1. The highest BCUT2D eigenvalue weighted by Gasteiger charge is 2.16. The lowest BCUT2D eigenvalue weighted by Gasteiger charge is -2.23. The largest absolute Gasteiger partial charge is 0.465 e. The van der Waals surface area contributed by atoms with Crippen molar-refractivity contribution in [3.05, 3.63) is 60.2 Å². The van der Waals surface area contributed by atoms with Crippen molar-refractivity contribution in [1.82, 2.24) is 4.90 Å². The molecule has 0 saturated heterocycles. The number of para-hydroxylation sites is 1. The highest BCUT2D eigenvalue weighted by atomic mass is 16.7. The third kappa shape index (κ3) is 7.71. The molecule has 0 aromatic heterocycles. The molecule has 0 heterocycles. The Hall–Kier alpha value is -2.53. The van der Waals surface area contributed by atoms with E-state index in [1.54, 1.807) is 12.1 Å². The van der Waals surface area contributed by atoms with Crippen LogP contribution in [0.25, 0.3) is 0 Å². The van der Waals surface area contributed by atoms with Gasteiger partial charge >= 0.3 is 6.09 Å². The van der Waals surface area contributed by atoms with Gasteiger partial charge in [0.05, 0.1) is 0 Å². The van der Waals surface area contributed by atoms with Crippen molar-refractivity contribution >= 4 is 6.09 Å². The van der Waals surface area contributed by atoms with Gasteiger partial charge in [-0.1, -0.05) is 51.1 Å². The van der Waals surface area contributed by atoms with Crippen molar-refractivity contribution in [3.63, 3.8) is 0 Å². The van der Waals surface area contributed by atoms with E-state index in [0.29, 0.717) is 24.1 Å². The van der Waals surface area contributed by atoms with E-state index < -0.39 is 12.4 Å². The molecule has 5 heteroatoms. The Morgan fingerprint density at radius 3 is 2.17 bits per heavy atom. The highest BCUT2D eigenvalue weighted by Crippen LogP contribution is 2.28. The zero-order valence-electron chi connectivity index (χ0n) is 18.8. The molecule has 2 rings (SSSR count). The van der Waals surface area contributed by atoms with Crippen LogP contribution in [0.3, 0.4) is 0 Å². The van der Waals surface area contributed by atoms with Gasteiger partial charge in [-0.05, 0) is 68.4 Å². The molecule has 164 valence electrons. The molecule has 5 nitrogen and oxygen atoms in total. The summed E-state index contributed by atoms with van der Waals surface area (Å²) < 4.78 is 16.9. The molecular formula is C25H35NO4. The number of nitrogens with zero attached hydrogens (tertiary/aromatic N) is 1. The molecule has 0 aliphatic rings. The second kappa shape index (κ2) is 12.2. The SMILES string of the molecule is CCC(CC(C)C)c1ccc(OC(C)OCN(CC)C(=O)Oc2ccccc2)cc1. The van der Waals surface area contributed by atoms with Gasteiger partial charge in [0, 0.05) is 6.54 Å². The molecule has 2 atom stereocenters. The van der Waals surface area contributed by atoms with Gasteiger partial charge in [-0.3, -0.25) is 4.90 Å². The number of carbonyl (C=O) groups is 1. The summed E-state index contributed by atoms with van der Waals surface area (Å²) in [6.07, 6.45) is 1.37. The van der Waals surface area contributed by atoms with E-state index in [1.807, 2.05) is 44.2 Å². The fourth-order valence-corrected chi connectivity index (χ4v) is 3.27. The van der Waals surface area contributed by atoms with E-state index in [2.05, 4.69) is 32.9 Å². The Morgan fingerprint density at radius 2 is 1.60 bits per heavy atom. The monoisotopic (exact) mass is 413 g/mol. The Kier molecular flexibility index (Phi) is 9.68.